The van der Waals surface area contributed by atoms with Crippen LogP contribution in [-0.4, -0.2) is 85.5 Å². The molecule has 0 aromatic heterocycles. The van der Waals surface area contributed by atoms with Gasteiger partial charge in [-0.1, -0.05) is 33.4 Å². The maximum atomic E-state index is 10.9. The van der Waals surface area contributed by atoms with E-state index in [2.05, 4.69) is 0 Å². The largest absolute Gasteiger partial charge is 0.497 e. The summed E-state index contributed by atoms with van der Waals surface area (Å²) in [5.41, 5.74) is 2.75. The van der Waals surface area contributed by atoms with Gasteiger partial charge in [0.2, 0.25) is 0 Å². The molecule has 0 atom stereocenters. The minimum absolute atomic E-state index is 0. The molecule has 0 heterocycles. The molecule has 0 saturated carbocycles. The van der Waals surface area contributed by atoms with Crippen LogP contribution in [0.15, 0.2) is 72.8 Å². The summed E-state index contributed by atoms with van der Waals surface area (Å²) in [6, 6.07) is 19.9. The fraction of sp³-hybridized carbons (Fsp3) is 0.378. The van der Waals surface area contributed by atoms with Crippen molar-refractivity contribution in [2.24, 2.45) is 0 Å². The Balaban J connectivity index is -0.000000279. The number of ether oxygens (including phenoxy) is 3. The van der Waals surface area contributed by atoms with E-state index in [1.54, 1.807) is 38.5 Å². The minimum Gasteiger partial charge on any atom is -0.497 e. The molecule has 0 aliphatic heterocycles. The molecule has 12 nitrogen and oxygen atoms in total. The first-order valence-corrected chi connectivity index (χ1v) is 14.7. The van der Waals surface area contributed by atoms with Gasteiger partial charge >= 0.3 is 5.97 Å². The van der Waals surface area contributed by atoms with Crippen molar-refractivity contribution in [3.05, 3.63) is 99.6 Å². The number of carbonyl (C=O) groups is 5. The fourth-order valence-electron chi connectivity index (χ4n) is 3.39. The number of carbonyl (C=O) groups excluding carboxylic acids is 5. The number of aldehydes is 3. The molecule has 0 amide bonds. The van der Waals surface area contributed by atoms with E-state index in [0.717, 1.165) is 61.9 Å². The van der Waals surface area contributed by atoms with Crippen LogP contribution >= 0.6 is 0 Å². The average Bonchev–Trinajstić information content (AvgIpc) is 3.08. The number of rotatable bonds is 15. The van der Waals surface area contributed by atoms with Gasteiger partial charge in [0.15, 0.2) is 0 Å². The second kappa shape index (κ2) is 32.4. The summed E-state index contributed by atoms with van der Waals surface area (Å²) >= 11 is 0. The third kappa shape index (κ3) is 25.9. The second-order valence-electron chi connectivity index (χ2n) is 9.97. The number of ketones is 1. The number of nitrogens with zero attached hydrogens (tertiary/aromatic N) is 2. The van der Waals surface area contributed by atoms with Gasteiger partial charge in [0.1, 0.15) is 36.8 Å². The molecule has 0 aliphatic carbocycles. The number of non-ortho nitro benzene ring substituents is 1. The zero-order valence-corrected chi connectivity index (χ0v) is 28.2. The Kier molecular flexibility index (Phi) is 33.5. The molecule has 0 saturated heterocycles. The molecule has 3 radical (unpaired) electrons. The summed E-state index contributed by atoms with van der Waals surface area (Å²) in [7, 11) is 7.21. The van der Waals surface area contributed by atoms with Crippen LogP contribution in [0.3, 0.4) is 0 Å². The predicted molar refractivity (Wildman–Crippen MR) is 199 cm³/mol. The Hall–Kier alpha value is -5.17. The van der Waals surface area contributed by atoms with E-state index in [9.17, 15) is 34.1 Å². The Morgan fingerprint density at radius 1 is 0.760 bits per heavy atom. The van der Waals surface area contributed by atoms with E-state index in [4.69, 9.17) is 14.2 Å². The third-order valence-electron chi connectivity index (χ3n) is 5.91. The quantitative estimate of drug-likeness (QED) is 0.0304. The molecule has 13 heteroatoms. The lowest BCUT2D eigenvalue weighted by atomic mass is 10.2. The number of hydrogen-bond donors (Lipinski definition) is 0. The van der Waals surface area contributed by atoms with Crippen molar-refractivity contribution in [2.75, 3.05) is 46.4 Å². The first-order valence-electron chi connectivity index (χ1n) is 14.7. The zero-order valence-electron chi connectivity index (χ0n) is 28.2. The highest BCUT2D eigenvalue weighted by Crippen LogP contribution is 2.12. The Morgan fingerprint density at radius 2 is 1.26 bits per heavy atom. The van der Waals surface area contributed by atoms with Crippen molar-refractivity contribution in [3.63, 3.8) is 0 Å². The summed E-state index contributed by atoms with van der Waals surface area (Å²) in [5, 5.41) is 10.2. The van der Waals surface area contributed by atoms with E-state index in [0.29, 0.717) is 24.0 Å². The van der Waals surface area contributed by atoms with Gasteiger partial charge < -0.3 is 19.1 Å². The summed E-state index contributed by atoms with van der Waals surface area (Å²) in [6.45, 7) is 2.58. The number of anilines is 1. The van der Waals surface area contributed by atoms with Crippen molar-refractivity contribution in [1.82, 2.24) is 0 Å². The third-order valence-corrected chi connectivity index (χ3v) is 5.91. The summed E-state index contributed by atoms with van der Waals surface area (Å²) < 4.78 is 14.7. The van der Waals surface area contributed by atoms with Crippen LogP contribution in [-0.2, 0) is 19.1 Å². The highest BCUT2D eigenvalue weighted by Gasteiger charge is 2.05. The number of hydrogen-bond acceptors (Lipinski definition) is 11. The fourth-order valence-corrected chi connectivity index (χ4v) is 3.39. The lowest BCUT2D eigenvalue weighted by molar-refractivity contribution is -0.384. The van der Waals surface area contributed by atoms with Crippen molar-refractivity contribution >= 4 is 50.4 Å². The first kappa shape index (κ1) is 51.7. The second-order valence-corrected chi connectivity index (χ2v) is 9.97. The number of Topliss-reactive ketones (excluding diaryl/α,β-unsaturated/α-hetero) is 1. The number of esters is 1. The average molecular weight is 696 g/mol. The van der Waals surface area contributed by atoms with E-state index in [1.165, 1.54) is 31.2 Å². The summed E-state index contributed by atoms with van der Waals surface area (Å²) in [4.78, 5) is 63.7. The van der Waals surface area contributed by atoms with Crippen LogP contribution in [0, 0.1) is 10.1 Å². The topological polar surface area (TPSA) is 159 Å². The number of nitro groups is 1. The molecule has 0 bridgehead atoms. The van der Waals surface area contributed by atoms with Crippen molar-refractivity contribution in [1.29, 1.82) is 0 Å². The van der Waals surface area contributed by atoms with Gasteiger partial charge in [0.05, 0.1) is 18.6 Å². The first-order chi connectivity index (χ1) is 22.5. The van der Waals surface area contributed by atoms with Gasteiger partial charge in [-0.2, -0.15) is 0 Å². The number of benzene rings is 3. The molecule has 0 unspecified atom stereocenters. The van der Waals surface area contributed by atoms with Gasteiger partial charge in [0, 0.05) is 70.7 Å². The summed E-state index contributed by atoms with van der Waals surface area (Å²) in [6.07, 6.45) is 6.12. The lowest BCUT2D eigenvalue weighted by Crippen LogP contribution is -2.09. The zero-order chi connectivity index (χ0) is 35.5. The predicted octanol–water partition coefficient (Wildman–Crippen LogP) is 7.09. The number of nitro benzene ring substituents is 1. The monoisotopic (exact) mass is 695 g/mol. The molecule has 0 aliphatic rings. The van der Waals surface area contributed by atoms with Gasteiger partial charge in [-0.05, 0) is 74.7 Å². The van der Waals surface area contributed by atoms with Crippen molar-refractivity contribution < 1.29 is 43.1 Å². The maximum absolute atomic E-state index is 10.9. The Bertz CT molecular complexity index is 1370. The SMILES string of the molecule is C.C.CN(C)c1ccc(C=O)cc1.COCCCCCCOC(=O)CC(C)=O.COc1ccc(C=O)cc1.O=Cc1cccc([N+](=O)[O-])c1.[B]. The molecule has 0 fully saturated rings. The van der Waals surface area contributed by atoms with Crippen molar-refractivity contribution in [3.8, 4) is 5.75 Å². The smallest absolute Gasteiger partial charge is 0.313 e. The minimum atomic E-state index is -0.535. The van der Waals surface area contributed by atoms with Crippen LogP contribution in [0.1, 0.15) is 85.0 Å². The van der Waals surface area contributed by atoms with E-state index < -0.39 is 10.9 Å². The van der Waals surface area contributed by atoms with Gasteiger partial charge in [0.25, 0.3) is 5.69 Å². The van der Waals surface area contributed by atoms with Crippen LogP contribution in [0.25, 0.3) is 0 Å². The van der Waals surface area contributed by atoms with Gasteiger partial charge in [-0.3, -0.25) is 34.1 Å². The van der Waals surface area contributed by atoms with Crippen LogP contribution in [0.2, 0.25) is 0 Å². The van der Waals surface area contributed by atoms with E-state index >= 15 is 0 Å². The summed E-state index contributed by atoms with van der Waals surface area (Å²) in [5.74, 6) is 0.199. The number of methoxy groups -OCH3 is 2. The van der Waals surface area contributed by atoms with Crippen LogP contribution in [0.5, 0.6) is 5.75 Å². The molecule has 3 aromatic rings. The Morgan fingerprint density at radius 3 is 1.68 bits per heavy atom. The van der Waals surface area contributed by atoms with Crippen LogP contribution < -0.4 is 9.64 Å². The number of unbranched alkanes of at least 4 members (excludes halogenated alkanes) is 3. The van der Waals surface area contributed by atoms with E-state index in [-0.39, 0.29) is 41.2 Å². The molecule has 50 heavy (non-hydrogen) atoms. The standard InChI is InChI=1S/C11H20O4.C9H11NO.C8H8O2.C7H5NO3.2CH4.B/c1-10(12)9-11(13)15-8-6-4-3-5-7-14-2;1-10(2)9-5-3-8(7-11)4-6-9;1-10-8-4-2-7(6-9)3-5-8;9-5-6-2-1-3-7(4-6)8(10)11;;;/h3-9H2,1-2H3;3-7H,1-2H3;2-6H,1H3;1-5H;2*1H4;. The molecule has 3 aromatic carbocycles. The molecule has 273 valence electrons. The van der Waals surface area contributed by atoms with Gasteiger partial charge in [-0.15, -0.1) is 0 Å². The normalized spacial score (nSPS) is 8.82. The molecule has 0 N–H and O–H groups in total. The Labute approximate surface area is 298 Å². The van der Waals surface area contributed by atoms with Crippen LogP contribution in [0.4, 0.5) is 11.4 Å². The molecular formula is C37H52BN2O10. The van der Waals surface area contributed by atoms with E-state index in [1.807, 2.05) is 43.3 Å². The maximum Gasteiger partial charge on any atom is 0.313 e. The molecular weight excluding hydrogens is 643 g/mol. The molecule has 3 rings (SSSR count). The van der Waals surface area contributed by atoms with Gasteiger partial charge in [-0.25, -0.2) is 0 Å². The lowest BCUT2D eigenvalue weighted by Gasteiger charge is -2.11. The highest BCUT2D eigenvalue weighted by molar-refractivity contribution is 5.94. The highest BCUT2D eigenvalue weighted by atomic mass is 16.6. The molecule has 0 spiro atoms. The van der Waals surface area contributed by atoms with Crippen molar-refractivity contribution in [2.45, 2.75) is 53.9 Å².